The summed E-state index contributed by atoms with van der Waals surface area (Å²) >= 11 is 0. The molecule has 6 heteroatoms. The van der Waals surface area contributed by atoms with Crippen LogP contribution in [0.25, 0.3) is 0 Å². The van der Waals surface area contributed by atoms with Crippen LogP contribution in [0.1, 0.15) is 31.1 Å². The van der Waals surface area contributed by atoms with Crippen LogP contribution in [0.5, 0.6) is 0 Å². The summed E-state index contributed by atoms with van der Waals surface area (Å²) in [5.74, 6) is -0.851. The normalized spacial score (nSPS) is 18.9. The number of halogens is 1. The highest BCUT2D eigenvalue weighted by molar-refractivity contribution is 6.01. The zero-order chi connectivity index (χ0) is 16.3. The molecular formula is C16H20FNO4. The zero-order valence-electron chi connectivity index (χ0n) is 13.0. The Kier molecular flexibility index (Phi) is 4.81. The van der Waals surface area contributed by atoms with Crippen LogP contribution >= 0.6 is 0 Å². The van der Waals surface area contributed by atoms with Crippen LogP contribution < -0.4 is 0 Å². The summed E-state index contributed by atoms with van der Waals surface area (Å²) in [5.41, 5.74) is -0.439. The van der Waals surface area contributed by atoms with Crippen molar-refractivity contribution in [3.63, 3.8) is 0 Å². The van der Waals surface area contributed by atoms with Crippen LogP contribution in [-0.4, -0.2) is 48.2 Å². The predicted molar refractivity (Wildman–Crippen MR) is 78.3 cm³/mol. The number of carbonyl (C=O) groups excluding carboxylic acids is 2. The first-order chi connectivity index (χ1) is 10.3. The smallest absolute Gasteiger partial charge is 0.411 e. The lowest BCUT2D eigenvalue weighted by Crippen LogP contribution is -2.53. The topological polar surface area (TPSA) is 55.8 Å². The highest BCUT2D eigenvalue weighted by atomic mass is 19.1. The number of carbonyl (C=O) groups is 2. The van der Waals surface area contributed by atoms with E-state index in [4.69, 9.17) is 9.47 Å². The van der Waals surface area contributed by atoms with Crippen LogP contribution in [0.4, 0.5) is 9.18 Å². The van der Waals surface area contributed by atoms with Gasteiger partial charge in [0.15, 0.2) is 5.78 Å². The van der Waals surface area contributed by atoms with Crippen molar-refractivity contribution in [3.8, 4) is 0 Å². The van der Waals surface area contributed by atoms with E-state index >= 15 is 0 Å². The van der Waals surface area contributed by atoms with Crippen LogP contribution in [-0.2, 0) is 9.47 Å². The number of rotatable bonds is 2. The minimum Gasteiger partial charge on any atom is -0.444 e. The molecule has 0 aliphatic carbocycles. The molecular weight excluding hydrogens is 289 g/mol. The Labute approximate surface area is 129 Å². The monoisotopic (exact) mass is 309 g/mol. The van der Waals surface area contributed by atoms with Gasteiger partial charge in [-0.1, -0.05) is 12.1 Å². The molecule has 1 aromatic carbocycles. The van der Waals surface area contributed by atoms with Crippen LogP contribution in [0.15, 0.2) is 24.3 Å². The Morgan fingerprint density at radius 1 is 1.36 bits per heavy atom. The first-order valence-electron chi connectivity index (χ1n) is 7.15. The SMILES string of the molecule is CC(C)(C)OC(=O)N1CCOCC1C(=O)c1cccc(F)c1. The Bertz CT molecular complexity index is 568. The summed E-state index contributed by atoms with van der Waals surface area (Å²) in [4.78, 5) is 26.1. The van der Waals surface area contributed by atoms with E-state index in [1.54, 1.807) is 20.8 Å². The fourth-order valence-corrected chi connectivity index (χ4v) is 2.19. The van der Waals surface area contributed by atoms with Crippen molar-refractivity contribution in [1.29, 1.82) is 0 Å². The van der Waals surface area contributed by atoms with Gasteiger partial charge < -0.3 is 9.47 Å². The summed E-state index contributed by atoms with van der Waals surface area (Å²) in [7, 11) is 0. The van der Waals surface area contributed by atoms with Gasteiger partial charge in [0.25, 0.3) is 0 Å². The molecule has 1 aliphatic heterocycles. The second-order valence-corrected chi connectivity index (χ2v) is 6.14. The summed E-state index contributed by atoms with van der Waals surface area (Å²) in [6.45, 7) is 5.96. The highest BCUT2D eigenvalue weighted by Crippen LogP contribution is 2.18. The molecule has 1 aromatic rings. The second-order valence-electron chi connectivity index (χ2n) is 6.14. The standard InChI is InChI=1S/C16H20FNO4/c1-16(2,3)22-15(20)18-7-8-21-10-13(18)14(19)11-5-4-6-12(17)9-11/h4-6,9,13H,7-8,10H2,1-3H3. The van der Waals surface area contributed by atoms with Crippen molar-refractivity contribution in [2.75, 3.05) is 19.8 Å². The molecule has 2 rings (SSSR count). The first kappa shape index (κ1) is 16.4. The van der Waals surface area contributed by atoms with Gasteiger partial charge in [-0.25, -0.2) is 9.18 Å². The summed E-state index contributed by atoms with van der Waals surface area (Å²) in [6.07, 6.45) is -0.564. The van der Waals surface area contributed by atoms with E-state index in [0.717, 1.165) is 6.07 Å². The molecule has 1 atom stereocenters. The van der Waals surface area contributed by atoms with Crippen molar-refractivity contribution >= 4 is 11.9 Å². The molecule has 22 heavy (non-hydrogen) atoms. The average Bonchev–Trinajstić information content (AvgIpc) is 2.44. The Morgan fingerprint density at radius 2 is 2.09 bits per heavy atom. The van der Waals surface area contributed by atoms with Crippen LogP contribution in [0, 0.1) is 5.82 Å². The van der Waals surface area contributed by atoms with E-state index in [1.807, 2.05) is 0 Å². The minimum atomic E-state index is -0.801. The quantitative estimate of drug-likeness (QED) is 0.788. The number of ketones is 1. The van der Waals surface area contributed by atoms with Gasteiger partial charge in [-0.05, 0) is 32.9 Å². The van der Waals surface area contributed by atoms with Crippen molar-refractivity contribution in [2.24, 2.45) is 0 Å². The molecule has 0 radical (unpaired) electrons. The zero-order valence-corrected chi connectivity index (χ0v) is 13.0. The number of nitrogens with zero attached hydrogens (tertiary/aromatic N) is 1. The van der Waals surface area contributed by atoms with Gasteiger partial charge in [-0.2, -0.15) is 0 Å². The predicted octanol–water partition coefficient (Wildman–Crippen LogP) is 2.64. The number of morpholine rings is 1. The Hall–Kier alpha value is -1.95. The van der Waals surface area contributed by atoms with E-state index in [-0.39, 0.29) is 24.5 Å². The van der Waals surface area contributed by atoms with Gasteiger partial charge in [0.2, 0.25) is 0 Å². The van der Waals surface area contributed by atoms with Gasteiger partial charge in [0.05, 0.1) is 13.2 Å². The molecule has 0 aromatic heterocycles. The van der Waals surface area contributed by atoms with Crippen molar-refractivity contribution < 1.29 is 23.5 Å². The summed E-state index contributed by atoms with van der Waals surface area (Å²) in [5, 5.41) is 0. The minimum absolute atomic E-state index is 0.0780. The molecule has 5 nitrogen and oxygen atoms in total. The van der Waals surface area contributed by atoms with Crippen molar-refractivity contribution in [1.82, 2.24) is 4.90 Å². The molecule has 1 heterocycles. The molecule has 1 fully saturated rings. The number of hydrogen-bond acceptors (Lipinski definition) is 4. The molecule has 1 saturated heterocycles. The third-order valence-corrected chi connectivity index (χ3v) is 3.17. The summed E-state index contributed by atoms with van der Waals surface area (Å²) in [6, 6.07) is 4.60. The average molecular weight is 309 g/mol. The maximum absolute atomic E-state index is 13.3. The number of Topliss-reactive ketones (excluding diaryl/α,β-unsaturated/α-hetero) is 1. The van der Waals surface area contributed by atoms with Crippen molar-refractivity contribution in [3.05, 3.63) is 35.6 Å². The summed E-state index contributed by atoms with van der Waals surface area (Å²) < 4.78 is 23.9. The fourth-order valence-electron chi connectivity index (χ4n) is 2.19. The molecule has 0 N–H and O–H groups in total. The second kappa shape index (κ2) is 6.44. The van der Waals surface area contributed by atoms with Gasteiger partial charge in [-0.3, -0.25) is 9.69 Å². The number of amides is 1. The lowest BCUT2D eigenvalue weighted by molar-refractivity contribution is -0.0265. The molecule has 1 amide bonds. The van der Waals surface area contributed by atoms with Gasteiger partial charge in [0, 0.05) is 12.1 Å². The van der Waals surface area contributed by atoms with E-state index in [1.165, 1.54) is 23.1 Å². The highest BCUT2D eigenvalue weighted by Gasteiger charge is 2.35. The lowest BCUT2D eigenvalue weighted by Gasteiger charge is -2.35. The van der Waals surface area contributed by atoms with Crippen LogP contribution in [0.2, 0.25) is 0 Å². The van der Waals surface area contributed by atoms with Gasteiger partial charge in [0.1, 0.15) is 17.5 Å². The molecule has 0 bridgehead atoms. The molecule has 0 spiro atoms. The Balaban J connectivity index is 2.19. The third kappa shape index (κ3) is 4.04. The third-order valence-electron chi connectivity index (χ3n) is 3.17. The largest absolute Gasteiger partial charge is 0.444 e. The number of ether oxygens (including phenoxy) is 2. The first-order valence-corrected chi connectivity index (χ1v) is 7.15. The maximum atomic E-state index is 13.3. The van der Waals surface area contributed by atoms with Crippen molar-refractivity contribution in [2.45, 2.75) is 32.4 Å². The van der Waals surface area contributed by atoms with E-state index < -0.39 is 23.6 Å². The lowest BCUT2D eigenvalue weighted by atomic mass is 10.0. The van der Waals surface area contributed by atoms with E-state index in [0.29, 0.717) is 6.61 Å². The molecule has 1 unspecified atom stereocenters. The molecule has 1 aliphatic rings. The molecule has 0 saturated carbocycles. The Morgan fingerprint density at radius 3 is 2.73 bits per heavy atom. The van der Waals surface area contributed by atoms with Gasteiger partial charge in [-0.15, -0.1) is 0 Å². The van der Waals surface area contributed by atoms with Gasteiger partial charge >= 0.3 is 6.09 Å². The van der Waals surface area contributed by atoms with E-state index in [2.05, 4.69) is 0 Å². The number of benzene rings is 1. The fraction of sp³-hybridized carbons (Fsp3) is 0.500. The molecule has 120 valence electrons. The van der Waals surface area contributed by atoms with E-state index in [9.17, 15) is 14.0 Å². The number of hydrogen-bond donors (Lipinski definition) is 0. The van der Waals surface area contributed by atoms with Crippen LogP contribution in [0.3, 0.4) is 0 Å². The maximum Gasteiger partial charge on any atom is 0.411 e.